The molecule has 0 fully saturated rings. The molecule has 76 valence electrons. The maximum Gasteiger partial charge on any atom is 0.260 e. The summed E-state index contributed by atoms with van der Waals surface area (Å²) < 4.78 is 13.1. The lowest BCUT2D eigenvalue weighted by Crippen LogP contribution is -2.13. The summed E-state index contributed by atoms with van der Waals surface area (Å²) in [5.41, 5.74) is 0.608. The van der Waals surface area contributed by atoms with Crippen LogP contribution in [0.1, 0.15) is 10.4 Å². The highest BCUT2D eigenvalue weighted by Crippen LogP contribution is 2.13. The number of thiophene rings is 1. The van der Waals surface area contributed by atoms with E-state index in [1.54, 1.807) is 11.4 Å². The summed E-state index contributed by atoms with van der Waals surface area (Å²) >= 11 is 1.46. The minimum absolute atomic E-state index is 0.0521. The molecular weight excluding hydrogens is 215 g/mol. The maximum absolute atomic E-state index is 13.1. The van der Waals surface area contributed by atoms with Crippen molar-refractivity contribution in [3.63, 3.8) is 0 Å². The summed E-state index contributed by atoms with van der Waals surface area (Å²) in [6, 6.07) is 4.66. The molecule has 0 saturated heterocycles. The lowest BCUT2D eigenvalue weighted by molar-refractivity contribution is 0.102. The van der Waals surface area contributed by atoms with Crippen molar-refractivity contribution in [2.24, 2.45) is 0 Å². The molecule has 1 N–H and O–H groups in total. The Morgan fingerprint density at radius 3 is 3.00 bits per heavy atom. The van der Waals surface area contributed by atoms with Crippen LogP contribution < -0.4 is 5.32 Å². The van der Waals surface area contributed by atoms with Crippen LogP contribution in [0.4, 0.5) is 10.1 Å². The molecule has 0 spiro atoms. The van der Waals surface area contributed by atoms with E-state index in [1.165, 1.54) is 29.7 Å². The first kappa shape index (κ1) is 9.79. The Kier molecular flexibility index (Phi) is 2.73. The number of carbonyl (C=O) groups excluding carboxylic acids is 1. The number of carbonyl (C=O) groups is 1. The Hall–Kier alpha value is -1.75. The molecule has 2 rings (SSSR count). The molecule has 0 aromatic carbocycles. The zero-order valence-electron chi connectivity index (χ0n) is 7.61. The fourth-order valence-electron chi connectivity index (χ4n) is 1.09. The van der Waals surface area contributed by atoms with Crippen molar-refractivity contribution in [1.29, 1.82) is 0 Å². The van der Waals surface area contributed by atoms with Crippen LogP contribution in [0.2, 0.25) is 0 Å². The molecule has 2 heterocycles. The van der Waals surface area contributed by atoms with Gasteiger partial charge in [-0.15, -0.1) is 0 Å². The second-order valence-corrected chi connectivity index (χ2v) is 3.59. The van der Waals surface area contributed by atoms with E-state index in [4.69, 9.17) is 0 Å². The van der Waals surface area contributed by atoms with E-state index in [-0.39, 0.29) is 5.56 Å². The molecule has 15 heavy (non-hydrogen) atoms. The third-order valence-corrected chi connectivity index (χ3v) is 2.47. The smallest absolute Gasteiger partial charge is 0.260 e. The molecule has 0 unspecified atom stereocenters. The van der Waals surface area contributed by atoms with Crippen molar-refractivity contribution in [2.45, 2.75) is 0 Å². The largest absolute Gasteiger partial charge is 0.321 e. The number of nitrogens with zero attached hydrogens (tertiary/aromatic N) is 1. The van der Waals surface area contributed by atoms with Gasteiger partial charge in [-0.25, -0.2) is 4.98 Å². The highest BCUT2D eigenvalue weighted by molar-refractivity contribution is 7.08. The first-order chi connectivity index (χ1) is 7.27. The van der Waals surface area contributed by atoms with Gasteiger partial charge >= 0.3 is 0 Å². The molecule has 2 aromatic heterocycles. The van der Waals surface area contributed by atoms with Gasteiger partial charge in [0, 0.05) is 11.6 Å². The third-order valence-electron chi connectivity index (χ3n) is 1.78. The zero-order chi connectivity index (χ0) is 10.7. The van der Waals surface area contributed by atoms with Gasteiger partial charge in [-0.05, 0) is 23.6 Å². The summed E-state index contributed by atoms with van der Waals surface area (Å²) in [4.78, 5) is 15.0. The number of hydrogen-bond acceptors (Lipinski definition) is 3. The number of amides is 1. The van der Waals surface area contributed by atoms with Gasteiger partial charge < -0.3 is 5.32 Å². The van der Waals surface area contributed by atoms with E-state index < -0.39 is 11.9 Å². The van der Waals surface area contributed by atoms with Gasteiger partial charge in [-0.2, -0.15) is 15.7 Å². The average molecular weight is 222 g/mol. The molecule has 0 aliphatic rings. The molecule has 1 amide bonds. The molecule has 0 aliphatic carbocycles. The Morgan fingerprint density at radius 1 is 1.47 bits per heavy atom. The number of hydrogen-bond donors (Lipinski definition) is 1. The first-order valence-electron chi connectivity index (χ1n) is 4.21. The van der Waals surface area contributed by atoms with E-state index >= 15 is 0 Å². The van der Waals surface area contributed by atoms with Gasteiger partial charge in [-0.3, -0.25) is 4.79 Å². The monoisotopic (exact) mass is 222 g/mol. The molecule has 0 saturated carbocycles. The van der Waals surface area contributed by atoms with Crippen LogP contribution >= 0.6 is 11.3 Å². The molecule has 0 aliphatic heterocycles. The summed E-state index contributed by atoms with van der Waals surface area (Å²) in [6.07, 6.45) is 1.30. The Bertz CT molecular complexity index is 470. The Morgan fingerprint density at radius 2 is 2.33 bits per heavy atom. The summed E-state index contributed by atoms with van der Waals surface area (Å²) in [7, 11) is 0. The predicted octanol–water partition coefficient (Wildman–Crippen LogP) is 2.53. The first-order valence-corrected chi connectivity index (χ1v) is 5.16. The van der Waals surface area contributed by atoms with Crippen molar-refractivity contribution in [2.75, 3.05) is 5.32 Å². The fraction of sp³-hybridized carbons (Fsp3) is 0. The number of pyridine rings is 1. The van der Waals surface area contributed by atoms with E-state index in [1.807, 2.05) is 5.38 Å². The normalized spacial score (nSPS) is 9.93. The fourth-order valence-corrected chi connectivity index (χ4v) is 1.68. The number of rotatable bonds is 2. The highest BCUT2D eigenvalue weighted by Gasteiger charge is 2.11. The van der Waals surface area contributed by atoms with Crippen molar-refractivity contribution in [1.82, 2.24) is 4.98 Å². The molecule has 3 nitrogen and oxygen atoms in total. The van der Waals surface area contributed by atoms with E-state index in [2.05, 4.69) is 10.3 Å². The van der Waals surface area contributed by atoms with Crippen molar-refractivity contribution < 1.29 is 9.18 Å². The average Bonchev–Trinajstić information content (AvgIpc) is 2.71. The molecular formula is C10H7FN2OS. The van der Waals surface area contributed by atoms with Gasteiger partial charge in [0.05, 0.1) is 11.3 Å². The third kappa shape index (κ3) is 2.19. The van der Waals surface area contributed by atoms with Crippen LogP contribution in [0.15, 0.2) is 35.2 Å². The summed E-state index contributed by atoms with van der Waals surface area (Å²) in [6.45, 7) is 0. The van der Waals surface area contributed by atoms with Gasteiger partial charge in [0.2, 0.25) is 5.95 Å². The lowest BCUT2D eigenvalue weighted by atomic mass is 10.2. The number of nitrogens with one attached hydrogen (secondary N) is 1. The summed E-state index contributed by atoms with van der Waals surface area (Å²) in [5, 5.41) is 6.17. The SMILES string of the molecule is O=C(Nc1ccsc1)c1cccnc1F. The van der Waals surface area contributed by atoms with E-state index in [9.17, 15) is 9.18 Å². The number of aromatic nitrogens is 1. The molecule has 0 bridgehead atoms. The van der Waals surface area contributed by atoms with Crippen molar-refractivity contribution in [3.8, 4) is 0 Å². The van der Waals surface area contributed by atoms with E-state index in [0.717, 1.165) is 0 Å². The second kappa shape index (κ2) is 4.18. The van der Waals surface area contributed by atoms with Gasteiger partial charge in [-0.1, -0.05) is 0 Å². The van der Waals surface area contributed by atoms with E-state index in [0.29, 0.717) is 5.69 Å². The van der Waals surface area contributed by atoms with Crippen LogP contribution in [-0.2, 0) is 0 Å². The minimum atomic E-state index is -0.759. The van der Waals surface area contributed by atoms with Crippen LogP contribution in [0.3, 0.4) is 0 Å². The minimum Gasteiger partial charge on any atom is -0.321 e. The molecule has 5 heteroatoms. The number of halogens is 1. The lowest BCUT2D eigenvalue weighted by Gasteiger charge is -2.02. The van der Waals surface area contributed by atoms with Gasteiger partial charge in [0.1, 0.15) is 0 Å². The standard InChI is InChI=1S/C10H7FN2OS/c11-9-8(2-1-4-12-9)10(14)13-7-3-5-15-6-7/h1-6H,(H,13,14). The van der Waals surface area contributed by atoms with Crippen molar-refractivity contribution in [3.05, 3.63) is 46.7 Å². The zero-order valence-corrected chi connectivity index (χ0v) is 8.42. The highest BCUT2D eigenvalue weighted by atomic mass is 32.1. The van der Waals surface area contributed by atoms with Crippen LogP contribution in [0, 0.1) is 5.95 Å². The molecule has 2 aromatic rings. The van der Waals surface area contributed by atoms with Gasteiger partial charge in [0.15, 0.2) is 0 Å². The Labute approximate surface area is 89.6 Å². The number of anilines is 1. The predicted molar refractivity (Wildman–Crippen MR) is 56.5 cm³/mol. The molecule has 0 radical (unpaired) electrons. The topological polar surface area (TPSA) is 42.0 Å². The summed E-state index contributed by atoms with van der Waals surface area (Å²) in [5.74, 6) is -1.25. The van der Waals surface area contributed by atoms with Gasteiger partial charge in [0.25, 0.3) is 5.91 Å². The maximum atomic E-state index is 13.1. The Balaban J connectivity index is 2.19. The quantitative estimate of drug-likeness (QED) is 0.793. The molecule has 0 atom stereocenters. The van der Waals surface area contributed by atoms with Crippen LogP contribution in [-0.4, -0.2) is 10.9 Å². The second-order valence-electron chi connectivity index (χ2n) is 2.81. The van der Waals surface area contributed by atoms with Crippen LogP contribution in [0.5, 0.6) is 0 Å². The van der Waals surface area contributed by atoms with Crippen molar-refractivity contribution >= 4 is 22.9 Å². The van der Waals surface area contributed by atoms with Crippen LogP contribution in [0.25, 0.3) is 0 Å².